The predicted molar refractivity (Wildman–Crippen MR) is 166 cm³/mol. The molecule has 6 rings (SSSR count). The van der Waals surface area contributed by atoms with E-state index in [1.54, 1.807) is 24.8 Å². The van der Waals surface area contributed by atoms with E-state index in [1.807, 2.05) is 9.80 Å². The third kappa shape index (κ3) is 6.73. The molecule has 44 heavy (non-hydrogen) atoms. The molecule has 3 fully saturated rings. The van der Waals surface area contributed by atoms with Gasteiger partial charge in [-0.05, 0) is 49.7 Å². The third-order valence-electron chi connectivity index (χ3n) is 10.0. The fraction of sp³-hybridized carbons (Fsp3) is 0.606. The maximum atomic E-state index is 13.9. The zero-order valence-corrected chi connectivity index (χ0v) is 26.0. The Morgan fingerprint density at radius 2 is 1.45 bits per heavy atom. The Morgan fingerprint density at radius 3 is 2.11 bits per heavy atom. The average Bonchev–Trinajstić information content (AvgIpc) is 3.04. The molecule has 1 aromatic carbocycles. The van der Waals surface area contributed by atoms with Crippen LogP contribution in [0, 0.1) is 0 Å². The lowest BCUT2D eigenvalue weighted by atomic mass is 9.94. The summed E-state index contributed by atoms with van der Waals surface area (Å²) < 4.78 is 0. The summed E-state index contributed by atoms with van der Waals surface area (Å²) >= 11 is 0. The van der Waals surface area contributed by atoms with Gasteiger partial charge in [-0.25, -0.2) is 9.97 Å². The number of nitrogens with one attached hydrogen (secondary N) is 1. The quantitative estimate of drug-likeness (QED) is 0.534. The van der Waals surface area contributed by atoms with Gasteiger partial charge in [-0.3, -0.25) is 19.3 Å². The molecule has 4 aliphatic heterocycles. The molecule has 0 spiro atoms. The van der Waals surface area contributed by atoms with Gasteiger partial charge in [-0.1, -0.05) is 24.3 Å². The average molecular weight is 604 g/mol. The number of aromatic nitrogens is 2. The summed E-state index contributed by atoms with van der Waals surface area (Å²) in [5, 5.41) is 14.8. The van der Waals surface area contributed by atoms with E-state index in [4.69, 9.17) is 9.97 Å². The van der Waals surface area contributed by atoms with E-state index in [9.17, 15) is 19.5 Å². The fourth-order valence-electron chi connectivity index (χ4n) is 7.32. The molecule has 2 atom stereocenters. The number of benzene rings is 1. The number of aliphatic hydroxyl groups is 1. The molecule has 0 unspecified atom stereocenters. The summed E-state index contributed by atoms with van der Waals surface area (Å²) in [7, 11) is 0. The summed E-state index contributed by atoms with van der Waals surface area (Å²) in [5.41, 5.74) is 3.04. The molecule has 0 bridgehead atoms. The first-order valence-corrected chi connectivity index (χ1v) is 16.2. The number of amides is 3. The minimum Gasteiger partial charge on any atom is -0.390 e. The van der Waals surface area contributed by atoms with Crippen molar-refractivity contribution in [3.63, 3.8) is 0 Å². The van der Waals surface area contributed by atoms with Gasteiger partial charge in [-0.15, -0.1) is 0 Å². The van der Waals surface area contributed by atoms with Gasteiger partial charge in [0.2, 0.25) is 11.8 Å². The molecular formula is C33H45N7O4. The number of β-amino-alcohol motifs (C(OH)–C–C–N with tert-alkyl or cyclic N) is 1. The van der Waals surface area contributed by atoms with Crippen molar-refractivity contribution in [2.24, 2.45) is 0 Å². The second kappa shape index (κ2) is 13.2. The molecule has 3 saturated heterocycles. The summed E-state index contributed by atoms with van der Waals surface area (Å²) in [5.74, 6) is 1.28. The Hall–Kier alpha value is -3.57. The molecule has 3 amide bonds. The summed E-state index contributed by atoms with van der Waals surface area (Å²) in [6, 6.07) is 10.4. The van der Waals surface area contributed by atoms with Crippen LogP contribution in [0.15, 0.2) is 30.3 Å². The molecule has 2 N–H and O–H groups in total. The molecule has 11 nitrogen and oxygen atoms in total. The van der Waals surface area contributed by atoms with Crippen LogP contribution in [-0.2, 0) is 22.6 Å². The molecule has 2 aromatic rings. The summed E-state index contributed by atoms with van der Waals surface area (Å²) in [6.45, 7) is 8.43. The van der Waals surface area contributed by atoms with Crippen molar-refractivity contribution in [3.05, 3.63) is 53.0 Å². The molecule has 5 heterocycles. The maximum Gasteiger partial charge on any atom is 0.272 e. The first kappa shape index (κ1) is 30.5. The van der Waals surface area contributed by atoms with E-state index in [2.05, 4.69) is 34.5 Å². The van der Waals surface area contributed by atoms with Crippen LogP contribution in [0.25, 0.3) is 0 Å². The number of piperidine rings is 3. The number of carbonyl (C=O) groups is 3. The molecule has 0 radical (unpaired) electrons. The van der Waals surface area contributed by atoms with Crippen LogP contribution in [0.4, 0.5) is 5.82 Å². The zero-order chi connectivity index (χ0) is 30.8. The minimum atomic E-state index is -0.640. The fourth-order valence-corrected chi connectivity index (χ4v) is 7.32. The highest BCUT2D eigenvalue weighted by Crippen LogP contribution is 2.29. The van der Waals surface area contributed by atoms with Crippen molar-refractivity contribution in [2.75, 3.05) is 51.1 Å². The van der Waals surface area contributed by atoms with Crippen molar-refractivity contribution in [1.82, 2.24) is 29.6 Å². The van der Waals surface area contributed by atoms with Crippen LogP contribution in [-0.4, -0.2) is 116 Å². The van der Waals surface area contributed by atoms with Crippen LogP contribution < -0.4 is 5.32 Å². The van der Waals surface area contributed by atoms with Gasteiger partial charge in [-0.2, -0.15) is 0 Å². The molecule has 4 aliphatic rings. The Kier molecular flexibility index (Phi) is 9.13. The van der Waals surface area contributed by atoms with E-state index >= 15 is 0 Å². The van der Waals surface area contributed by atoms with Gasteiger partial charge in [0.1, 0.15) is 17.3 Å². The molecule has 1 aromatic heterocycles. The standard InChI is InChI=1S/C33H45N7O4/c1-22(41)37-13-8-25(9-14-37)32-35-28(19-31(36-32)34-27-10-16-38(17-11-27)23(2)42)33(44)40-18-12-29(30(43)21-40)39-15-7-24-5-3-4-6-26(24)20-39/h3-6,19,25,27,29-30,43H,7-18,20-21H2,1-2H3,(H,34,35,36)/t29-,30-/m1/s1. The highest BCUT2D eigenvalue weighted by Gasteiger charge is 2.36. The highest BCUT2D eigenvalue weighted by molar-refractivity contribution is 5.93. The number of aliphatic hydroxyl groups excluding tert-OH is 1. The Labute approximate surface area is 259 Å². The topological polar surface area (TPSA) is 122 Å². The van der Waals surface area contributed by atoms with E-state index in [0.717, 1.165) is 45.2 Å². The maximum absolute atomic E-state index is 13.9. The monoisotopic (exact) mass is 603 g/mol. The van der Waals surface area contributed by atoms with Gasteiger partial charge in [0.05, 0.1) is 6.10 Å². The lowest BCUT2D eigenvalue weighted by molar-refractivity contribution is -0.130. The number of carbonyl (C=O) groups excluding carboxylic acids is 3. The number of hydrogen-bond donors (Lipinski definition) is 2. The second-order valence-corrected chi connectivity index (χ2v) is 12.9. The van der Waals surface area contributed by atoms with Crippen LogP contribution >= 0.6 is 0 Å². The first-order chi connectivity index (χ1) is 21.2. The lowest BCUT2D eigenvalue weighted by Gasteiger charge is -2.43. The molecule has 236 valence electrons. The summed E-state index contributed by atoms with van der Waals surface area (Å²) in [4.78, 5) is 55.1. The molecule has 0 saturated carbocycles. The molecule has 0 aliphatic carbocycles. The van der Waals surface area contributed by atoms with E-state index in [1.165, 1.54) is 11.1 Å². The van der Waals surface area contributed by atoms with Gasteiger partial charge >= 0.3 is 0 Å². The van der Waals surface area contributed by atoms with Crippen LogP contribution in [0.2, 0.25) is 0 Å². The number of fused-ring (bicyclic) bond motifs is 1. The normalized spacial score (nSPS) is 23.8. The van der Waals surface area contributed by atoms with Gasteiger partial charge in [0.25, 0.3) is 5.91 Å². The van der Waals surface area contributed by atoms with Gasteiger partial charge in [0, 0.05) is 90.3 Å². The van der Waals surface area contributed by atoms with Gasteiger partial charge < -0.3 is 25.1 Å². The van der Waals surface area contributed by atoms with Crippen LogP contribution in [0.1, 0.15) is 79.3 Å². The molecular weight excluding hydrogens is 558 g/mol. The van der Waals surface area contributed by atoms with E-state index in [0.29, 0.717) is 56.5 Å². The number of hydrogen-bond acceptors (Lipinski definition) is 8. The van der Waals surface area contributed by atoms with Gasteiger partial charge in [0.15, 0.2) is 0 Å². The minimum absolute atomic E-state index is 0.0120. The van der Waals surface area contributed by atoms with Crippen molar-refractivity contribution < 1.29 is 19.5 Å². The number of rotatable bonds is 5. The zero-order valence-electron chi connectivity index (χ0n) is 26.0. The van der Waals surface area contributed by atoms with Crippen molar-refractivity contribution in [1.29, 1.82) is 0 Å². The van der Waals surface area contributed by atoms with Crippen molar-refractivity contribution in [3.8, 4) is 0 Å². The van der Waals surface area contributed by atoms with Crippen molar-refractivity contribution in [2.45, 2.75) is 83.0 Å². The highest BCUT2D eigenvalue weighted by atomic mass is 16.3. The van der Waals surface area contributed by atoms with Crippen LogP contribution in [0.3, 0.4) is 0 Å². The van der Waals surface area contributed by atoms with E-state index in [-0.39, 0.29) is 42.3 Å². The third-order valence-corrected chi connectivity index (χ3v) is 10.0. The lowest BCUT2D eigenvalue weighted by Crippen LogP contribution is -2.56. The second-order valence-electron chi connectivity index (χ2n) is 12.9. The number of nitrogens with zero attached hydrogens (tertiary/aromatic N) is 6. The molecule has 11 heteroatoms. The first-order valence-electron chi connectivity index (χ1n) is 16.2. The van der Waals surface area contributed by atoms with E-state index < -0.39 is 6.10 Å². The SMILES string of the molecule is CC(=O)N1CCC(Nc2cc(C(=O)N3CC[C@@H](N4CCc5ccccc5C4)[C@H](O)C3)nc(C3CCN(C(C)=O)CC3)n2)CC1. The smallest absolute Gasteiger partial charge is 0.272 e. The number of likely N-dealkylation sites (tertiary alicyclic amines) is 3. The van der Waals surface area contributed by atoms with Crippen molar-refractivity contribution >= 4 is 23.5 Å². The largest absolute Gasteiger partial charge is 0.390 e. The summed E-state index contributed by atoms with van der Waals surface area (Å²) in [6.07, 6.45) is 4.14. The number of anilines is 1. The van der Waals surface area contributed by atoms with Crippen LogP contribution in [0.5, 0.6) is 0 Å². The Bertz CT molecular complexity index is 1370. The Morgan fingerprint density at radius 1 is 0.818 bits per heavy atom. The predicted octanol–water partition coefficient (Wildman–Crippen LogP) is 2.26. The Balaban J connectivity index is 1.16.